The van der Waals surface area contributed by atoms with Crippen molar-refractivity contribution in [1.29, 1.82) is 0 Å². The molecule has 1 atom stereocenters. The SMILES string of the molecule is O=P(F)(Cl)OCC(F)(F)F. The zero-order valence-electron chi connectivity index (χ0n) is 4.36. The fourth-order valence-electron chi connectivity index (χ4n) is 0.148. The molecule has 0 fully saturated rings. The molecule has 1 unspecified atom stereocenters. The Labute approximate surface area is 58.5 Å². The lowest BCUT2D eigenvalue weighted by Gasteiger charge is -2.05. The molecule has 0 radical (unpaired) electrons. The van der Waals surface area contributed by atoms with Crippen molar-refractivity contribution in [1.82, 2.24) is 0 Å². The maximum Gasteiger partial charge on any atom is 0.461 e. The number of hydrogen-bond acceptors (Lipinski definition) is 2. The molecule has 0 spiro atoms. The van der Waals surface area contributed by atoms with Crippen LogP contribution in [0.25, 0.3) is 0 Å². The third kappa shape index (κ3) is 8.20. The number of halogens is 5. The number of alkyl halides is 3. The van der Waals surface area contributed by atoms with Gasteiger partial charge in [0, 0.05) is 11.2 Å². The van der Waals surface area contributed by atoms with Gasteiger partial charge in [-0.3, -0.25) is 4.52 Å². The van der Waals surface area contributed by atoms with Crippen LogP contribution in [0.15, 0.2) is 0 Å². The van der Waals surface area contributed by atoms with Crippen molar-refractivity contribution in [2.45, 2.75) is 6.18 Å². The normalized spacial score (nSPS) is 18.5. The van der Waals surface area contributed by atoms with E-state index in [0.29, 0.717) is 0 Å². The summed E-state index contributed by atoms with van der Waals surface area (Å²) in [7, 11) is -5.01. The minimum atomic E-state index is -5.01. The molecule has 2 nitrogen and oxygen atoms in total. The van der Waals surface area contributed by atoms with E-state index in [1.165, 1.54) is 0 Å². The van der Waals surface area contributed by atoms with Crippen molar-refractivity contribution < 1.29 is 26.5 Å². The van der Waals surface area contributed by atoms with Crippen LogP contribution in [0.5, 0.6) is 0 Å². The van der Waals surface area contributed by atoms with Gasteiger partial charge in [-0.2, -0.15) is 13.2 Å². The van der Waals surface area contributed by atoms with E-state index in [1.807, 2.05) is 0 Å². The molecule has 0 aromatic rings. The second-order valence-electron chi connectivity index (χ2n) is 1.30. The van der Waals surface area contributed by atoms with Crippen LogP contribution in [0, 0.1) is 0 Å². The third-order valence-corrected chi connectivity index (χ3v) is 1.10. The molecular formula is C2H2ClF4O2P. The Morgan fingerprint density at radius 1 is 1.50 bits per heavy atom. The van der Waals surface area contributed by atoms with Crippen LogP contribution in [0.2, 0.25) is 0 Å². The van der Waals surface area contributed by atoms with Gasteiger partial charge in [0.2, 0.25) is 0 Å². The predicted octanol–water partition coefficient (Wildman–Crippen LogP) is 2.88. The summed E-state index contributed by atoms with van der Waals surface area (Å²) in [4.78, 5) is 0. The standard InChI is InChI=1S/C2H2ClF4O2P/c3-10(7,8)9-1-2(4,5)6/h1H2. The van der Waals surface area contributed by atoms with Crippen molar-refractivity contribution in [2.75, 3.05) is 6.61 Å². The molecule has 62 valence electrons. The molecule has 0 bridgehead atoms. The van der Waals surface area contributed by atoms with Crippen molar-refractivity contribution in [3.05, 3.63) is 0 Å². The second-order valence-corrected chi connectivity index (χ2v) is 3.60. The summed E-state index contributed by atoms with van der Waals surface area (Å²) in [6.45, 7) is -1.94. The van der Waals surface area contributed by atoms with Crippen LogP contribution in [0.3, 0.4) is 0 Å². The lowest BCUT2D eigenvalue weighted by molar-refractivity contribution is -0.153. The summed E-state index contributed by atoms with van der Waals surface area (Å²) >= 11 is 4.21. The Morgan fingerprint density at radius 2 is 1.90 bits per heavy atom. The smallest absolute Gasteiger partial charge is 0.284 e. The van der Waals surface area contributed by atoms with Gasteiger partial charge in [-0.1, -0.05) is 0 Å². The molecule has 0 saturated heterocycles. The van der Waals surface area contributed by atoms with Crippen LogP contribution in [-0.2, 0) is 9.09 Å². The van der Waals surface area contributed by atoms with Crippen LogP contribution < -0.4 is 0 Å². The molecule has 0 N–H and O–H groups in total. The molecule has 0 aliphatic heterocycles. The van der Waals surface area contributed by atoms with Gasteiger partial charge in [0.15, 0.2) is 6.61 Å². The minimum Gasteiger partial charge on any atom is -0.284 e. The van der Waals surface area contributed by atoms with Gasteiger partial charge < -0.3 is 0 Å². The highest BCUT2D eigenvalue weighted by Crippen LogP contribution is 2.54. The fourth-order valence-corrected chi connectivity index (χ4v) is 0.591. The van der Waals surface area contributed by atoms with E-state index in [1.54, 1.807) is 0 Å². The topological polar surface area (TPSA) is 26.3 Å². The molecule has 0 saturated carbocycles. The number of hydrogen-bond donors (Lipinski definition) is 0. The average molecular weight is 200 g/mol. The van der Waals surface area contributed by atoms with Gasteiger partial charge in [-0.25, -0.2) is 4.57 Å². The van der Waals surface area contributed by atoms with E-state index >= 15 is 0 Å². The molecule has 0 aromatic carbocycles. The van der Waals surface area contributed by atoms with Gasteiger partial charge >= 0.3 is 13.2 Å². The molecule has 0 aromatic heterocycles. The first-order valence-electron chi connectivity index (χ1n) is 1.91. The van der Waals surface area contributed by atoms with E-state index in [2.05, 4.69) is 15.8 Å². The van der Waals surface area contributed by atoms with Gasteiger partial charge in [-0.15, -0.1) is 4.20 Å². The summed E-state index contributed by atoms with van der Waals surface area (Å²) in [5.74, 6) is 0. The Hall–Kier alpha value is 0.200. The summed E-state index contributed by atoms with van der Waals surface area (Å²) < 4.78 is 57.6. The first-order chi connectivity index (χ1) is 4.21. The zero-order chi connectivity index (χ0) is 8.41. The van der Waals surface area contributed by atoms with E-state index < -0.39 is 19.8 Å². The Morgan fingerprint density at radius 3 is 2.00 bits per heavy atom. The first-order valence-corrected chi connectivity index (χ1v) is 4.33. The van der Waals surface area contributed by atoms with Crippen LogP contribution >= 0.6 is 18.3 Å². The summed E-state index contributed by atoms with van der Waals surface area (Å²) in [6.07, 6.45) is -4.71. The lowest BCUT2D eigenvalue weighted by Crippen LogP contribution is -2.14. The van der Waals surface area contributed by atoms with Crippen molar-refractivity contribution in [3.8, 4) is 0 Å². The minimum absolute atomic E-state index is 1.94. The Bertz CT molecular complexity index is 150. The molecule has 0 aliphatic rings. The van der Waals surface area contributed by atoms with E-state index in [4.69, 9.17) is 0 Å². The van der Waals surface area contributed by atoms with Crippen LogP contribution in [-0.4, -0.2) is 12.8 Å². The molecule has 8 heteroatoms. The van der Waals surface area contributed by atoms with Crippen molar-refractivity contribution in [2.24, 2.45) is 0 Å². The maximum absolute atomic E-state index is 11.5. The van der Waals surface area contributed by atoms with Gasteiger partial charge in [0.25, 0.3) is 0 Å². The predicted molar refractivity (Wildman–Crippen MR) is 26.6 cm³/mol. The van der Waals surface area contributed by atoms with Crippen LogP contribution in [0.1, 0.15) is 0 Å². The monoisotopic (exact) mass is 200 g/mol. The molecular weight excluding hydrogens is 198 g/mol. The summed E-state index contributed by atoms with van der Waals surface area (Å²) in [6, 6.07) is 0. The second kappa shape index (κ2) is 3.07. The van der Waals surface area contributed by atoms with Crippen LogP contribution in [0.4, 0.5) is 17.4 Å². The zero-order valence-corrected chi connectivity index (χ0v) is 6.01. The average Bonchev–Trinajstić information content (AvgIpc) is 1.57. The summed E-state index contributed by atoms with van der Waals surface area (Å²) in [5.41, 5.74) is 0. The summed E-state index contributed by atoms with van der Waals surface area (Å²) in [5, 5.41) is 0. The quantitative estimate of drug-likeness (QED) is 0.506. The molecule has 0 amide bonds. The third-order valence-electron chi connectivity index (χ3n) is 0.379. The van der Waals surface area contributed by atoms with Gasteiger partial charge in [-0.05, 0) is 0 Å². The largest absolute Gasteiger partial charge is 0.461 e. The Kier molecular flexibility index (Phi) is 3.13. The molecule has 0 aliphatic carbocycles. The lowest BCUT2D eigenvalue weighted by atomic mass is 10.7. The van der Waals surface area contributed by atoms with E-state index in [0.717, 1.165) is 0 Å². The van der Waals surface area contributed by atoms with Gasteiger partial charge in [0.1, 0.15) is 0 Å². The number of rotatable bonds is 2. The van der Waals surface area contributed by atoms with E-state index in [-0.39, 0.29) is 0 Å². The van der Waals surface area contributed by atoms with Gasteiger partial charge in [0.05, 0.1) is 0 Å². The molecule has 0 heterocycles. The van der Waals surface area contributed by atoms with Crippen molar-refractivity contribution >= 4 is 18.3 Å². The highest BCUT2D eigenvalue weighted by molar-refractivity contribution is 7.81. The maximum atomic E-state index is 11.5. The molecule has 0 rings (SSSR count). The first kappa shape index (κ1) is 10.2. The Balaban J connectivity index is 3.67. The van der Waals surface area contributed by atoms with Crippen molar-refractivity contribution in [3.63, 3.8) is 0 Å². The highest BCUT2D eigenvalue weighted by atomic mass is 35.7. The van der Waals surface area contributed by atoms with E-state index in [9.17, 15) is 21.9 Å². The highest BCUT2D eigenvalue weighted by Gasteiger charge is 2.32. The molecule has 10 heavy (non-hydrogen) atoms. The fraction of sp³-hybridized carbons (Fsp3) is 1.00.